The maximum atomic E-state index is 12.4. The number of hydrogen-bond acceptors (Lipinski definition) is 6. The molecule has 10 heteroatoms. The predicted molar refractivity (Wildman–Crippen MR) is 115 cm³/mol. The van der Waals surface area contributed by atoms with Gasteiger partial charge in [-0.15, -0.1) is 0 Å². The molecule has 0 saturated heterocycles. The second-order valence-electron chi connectivity index (χ2n) is 7.15. The zero-order valence-corrected chi connectivity index (χ0v) is 19.0. The molecule has 0 spiro atoms. The van der Waals surface area contributed by atoms with Gasteiger partial charge in [-0.3, -0.25) is 0 Å². The zero-order valence-electron chi connectivity index (χ0n) is 17.4. The number of imidazole rings is 1. The van der Waals surface area contributed by atoms with Crippen LogP contribution in [0.1, 0.15) is 19.2 Å². The lowest BCUT2D eigenvalue weighted by Crippen LogP contribution is -2.22. The van der Waals surface area contributed by atoms with E-state index in [1.807, 2.05) is 11.5 Å². The minimum Gasteiger partial charge on any atom is -0.486 e. The van der Waals surface area contributed by atoms with Gasteiger partial charge < -0.3 is 9.30 Å². The number of rotatable bonds is 8. The smallest absolute Gasteiger partial charge is 0.242 e. The molecular formula is C20H25N3O5S2. The summed E-state index contributed by atoms with van der Waals surface area (Å²) >= 11 is 0. The third kappa shape index (κ3) is 4.50. The number of ether oxygens (including phenoxy) is 1. The summed E-state index contributed by atoms with van der Waals surface area (Å²) in [5.41, 5.74) is 1.41. The van der Waals surface area contributed by atoms with Gasteiger partial charge in [-0.25, -0.2) is 26.1 Å². The van der Waals surface area contributed by atoms with Crippen molar-refractivity contribution in [3.63, 3.8) is 0 Å². The lowest BCUT2D eigenvalue weighted by molar-refractivity contribution is 0.290. The monoisotopic (exact) mass is 451 g/mol. The van der Waals surface area contributed by atoms with Crippen LogP contribution in [0.25, 0.3) is 11.0 Å². The number of sulfone groups is 1. The van der Waals surface area contributed by atoms with Gasteiger partial charge in [-0.05, 0) is 48.9 Å². The first kappa shape index (κ1) is 22.3. The van der Waals surface area contributed by atoms with Gasteiger partial charge >= 0.3 is 0 Å². The number of fused-ring (bicyclic) bond motifs is 1. The summed E-state index contributed by atoms with van der Waals surface area (Å²) in [7, 11) is -3.84. The van der Waals surface area contributed by atoms with Gasteiger partial charge in [0.2, 0.25) is 10.0 Å². The SMILES string of the molecule is CCCn1c(COc2ccc(S(C)(=O)=O)cc2)nc2cc(S(=O)(=O)N(C)C)ccc21. The molecule has 0 saturated carbocycles. The number of aryl methyl sites for hydroxylation is 1. The molecule has 0 unspecified atom stereocenters. The van der Waals surface area contributed by atoms with E-state index in [1.54, 1.807) is 30.3 Å². The summed E-state index contributed by atoms with van der Waals surface area (Å²) in [6, 6.07) is 11.1. The van der Waals surface area contributed by atoms with Crippen molar-refractivity contribution >= 4 is 30.9 Å². The summed E-state index contributed by atoms with van der Waals surface area (Å²) in [6.07, 6.45) is 2.03. The average molecular weight is 452 g/mol. The number of benzene rings is 2. The van der Waals surface area contributed by atoms with Gasteiger partial charge in [0, 0.05) is 26.9 Å². The molecule has 0 aliphatic rings. The first-order valence-corrected chi connectivity index (χ1v) is 12.7. The molecule has 0 radical (unpaired) electrons. The van der Waals surface area contributed by atoms with E-state index in [-0.39, 0.29) is 16.4 Å². The van der Waals surface area contributed by atoms with Crippen LogP contribution in [-0.2, 0) is 33.0 Å². The molecule has 0 aliphatic carbocycles. The summed E-state index contributed by atoms with van der Waals surface area (Å²) in [4.78, 5) is 5.01. The van der Waals surface area contributed by atoms with Crippen LogP contribution in [0.5, 0.6) is 5.75 Å². The van der Waals surface area contributed by atoms with Crippen molar-refractivity contribution in [3.05, 3.63) is 48.3 Å². The average Bonchev–Trinajstić information content (AvgIpc) is 3.03. The molecule has 0 bridgehead atoms. The van der Waals surface area contributed by atoms with Crippen LogP contribution in [0.3, 0.4) is 0 Å². The molecule has 0 N–H and O–H groups in total. The zero-order chi connectivity index (χ0) is 22.1. The van der Waals surface area contributed by atoms with Gasteiger partial charge in [0.25, 0.3) is 0 Å². The highest BCUT2D eigenvalue weighted by Gasteiger charge is 2.20. The van der Waals surface area contributed by atoms with E-state index in [4.69, 9.17) is 4.74 Å². The van der Waals surface area contributed by atoms with Crippen LogP contribution in [0.2, 0.25) is 0 Å². The van der Waals surface area contributed by atoms with Crippen molar-refractivity contribution < 1.29 is 21.6 Å². The standard InChI is InChI=1S/C20H25N3O5S2/c1-5-12-23-19-11-10-17(30(26,27)22(2)3)13-18(19)21-20(23)14-28-15-6-8-16(9-7-15)29(4,24)25/h6-11,13H,5,12,14H2,1-4H3. The molecule has 3 rings (SSSR count). The van der Waals surface area contributed by atoms with E-state index in [0.29, 0.717) is 23.6 Å². The lowest BCUT2D eigenvalue weighted by atomic mass is 10.3. The van der Waals surface area contributed by atoms with Gasteiger partial charge in [0.1, 0.15) is 18.2 Å². The van der Waals surface area contributed by atoms with Crippen molar-refractivity contribution in [1.82, 2.24) is 13.9 Å². The molecule has 1 heterocycles. The van der Waals surface area contributed by atoms with E-state index in [9.17, 15) is 16.8 Å². The largest absolute Gasteiger partial charge is 0.486 e. The highest BCUT2D eigenvalue weighted by molar-refractivity contribution is 7.90. The van der Waals surface area contributed by atoms with E-state index in [1.165, 1.54) is 30.5 Å². The molecule has 0 amide bonds. The van der Waals surface area contributed by atoms with Crippen LogP contribution >= 0.6 is 0 Å². The summed E-state index contributed by atoms with van der Waals surface area (Å²) in [5.74, 6) is 1.19. The predicted octanol–water partition coefficient (Wildman–Crippen LogP) is 2.68. The van der Waals surface area contributed by atoms with Crippen molar-refractivity contribution in [2.24, 2.45) is 0 Å². The molecule has 0 fully saturated rings. The fraction of sp³-hybridized carbons (Fsp3) is 0.350. The maximum Gasteiger partial charge on any atom is 0.242 e. The molecule has 3 aromatic rings. The maximum absolute atomic E-state index is 12.4. The second kappa shape index (κ2) is 8.37. The van der Waals surface area contributed by atoms with Gasteiger partial charge in [-0.2, -0.15) is 0 Å². The Labute approximate surface area is 177 Å². The van der Waals surface area contributed by atoms with Crippen molar-refractivity contribution in [2.45, 2.75) is 36.3 Å². The molecular weight excluding hydrogens is 426 g/mol. The Balaban J connectivity index is 1.92. The Kier molecular flexibility index (Phi) is 6.21. The first-order chi connectivity index (χ1) is 14.0. The van der Waals surface area contributed by atoms with Crippen LogP contribution in [-0.4, -0.2) is 51.0 Å². The molecule has 2 aromatic carbocycles. The molecule has 0 aliphatic heterocycles. The fourth-order valence-electron chi connectivity index (χ4n) is 3.05. The van der Waals surface area contributed by atoms with Crippen LogP contribution in [0, 0.1) is 0 Å². The Hall–Kier alpha value is -2.43. The third-order valence-corrected chi connectivity index (χ3v) is 7.58. The minimum atomic E-state index is -3.55. The van der Waals surface area contributed by atoms with E-state index in [0.717, 1.165) is 18.2 Å². The van der Waals surface area contributed by atoms with Gasteiger partial charge in [-0.1, -0.05) is 6.92 Å². The topological polar surface area (TPSA) is 98.6 Å². The number of hydrogen-bond donors (Lipinski definition) is 0. The summed E-state index contributed by atoms with van der Waals surface area (Å²) in [6.45, 7) is 2.93. The van der Waals surface area contributed by atoms with E-state index >= 15 is 0 Å². The molecule has 1 aromatic heterocycles. The normalized spacial score (nSPS) is 12.6. The van der Waals surface area contributed by atoms with E-state index in [2.05, 4.69) is 4.98 Å². The quantitative estimate of drug-likeness (QED) is 0.522. The van der Waals surface area contributed by atoms with Crippen molar-refractivity contribution in [2.75, 3.05) is 20.4 Å². The Morgan fingerprint density at radius 1 is 1.00 bits per heavy atom. The number of nitrogens with zero attached hydrogens (tertiary/aromatic N) is 3. The number of sulfonamides is 1. The Morgan fingerprint density at radius 2 is 1.63 bits per heavy atom. The van der Waals surface area contributed by atoms with Crippen LogP contribution in [0.4, 0.5) is 0 Å². The fourth-order valence-corrected chi connectivity index (χ4v) is 4.60. The molecule has 162 valence electrons. The molecule has 30 heavy (non-hydrogen) atoms. The first-order valence-electron chi connectivity index (χ1n) is 9.38. The second-order valence-corrected chi connectivity index (χ2v) is 11.3. The van der Waals surface area contributed by atoms with Crippen LogP contribution in [0.15, 0.2) is 52.3 Å². The van der Waals surface area contributed by atoms with Crippen LogP contribution < -0.4 is 4.74 Å². The molecule has 0 atom stereocenters. The van der Waals surface area contributed by atoms with E-state index < -0.39 is 19.9 Å². The highest BCUT2D eigenvalue weighted by Crippen LogP contribution is 2.24. The highest BCUT2D eigenvalue weighted by atomic mass is 32.2. The van der Waals surface area contributed by atoms with Gasteiger partial charge in [0.05, 0.1) is 20.8 Å². The summed E-state index contributed by atoms with van der Waals surface area (Å²) in [5, 5.41) is 0. The van der Waals surface area contributed by atoms with Crippen molar-refractivity contribution in [1.29, 1.82) is 0 Å². The molecule has 8 nitrogen and oxygen atoms in total. The summed E-state index contributed by atoms with van der Waals surface area (Å²) < 4.78 is 57.0. The minimum absolute atomic E-state index is 0.169. The lowest BCUT2D eigenvalue weighted by Gasteiger charge is -2.11. The number of aromatic nitrogens is 2. The Bertz CT molecular complexity index is 1260. The van der Waals surface area contributed by atoms with Crippen molar-refractivity contribution in [3.8, 4) is 5.75 Å². The Morgan fingerprint density at radius 3 is 2.20 bits per heavy atom. The van der Waals surface area contributed by atoms with Gasteiger partial charge in [0.15, 0.2) is 9.84 Å². The third-order valence-electron chi connectivity index (χ3n) is 4.64.